The van der Waals surface area contributed by atoms with Gasteiger partial charge in [-0.2, -0.15) is 0 Å². The summed E-state index contributed by atoms with van der Waals surface area (Å²) in [6, 6.07) is 14.7. The summed E-state index contributed by atoms with van der Waals surface area (Å²) < 4.78 is 19.3. The zero-order valence-corrected chi connectivity index (χ0v) is 17.3. The maximum atomic E-state index is 13.7. The first-order valence-electron chi connectivity index (χ1n) is 10.4. The van der Waals surface area contributed by atoms with Crippen molar-refractivity contribution in [2.75, 3.05) is 19.7 Å². The van der Waals surface area contributed by atoms with Crippen LogP contribution in [-0.2, 0) is 17.8 Å². The van der Waals surface area contributed by atoms with Gasteiger partial charge >= 0.3 is 0 Å². The predicted molar refractivity (Wildman–Crippen MR) is 116 cm³/mol. The van der Waals surface area contributed by atoms with E-state index in [1.54, 1.807) is 18.2 Å². The SMILES string of the molecule is CCNC(=NCc1ccccc1F)NCCc1ccc(OCC(=O)NC2CC2)cc1. The number of aliphatic imine (C=N–C) groups is 1. The van der Waals surface area contributed by atoms with Gasteiger partial charge in [0.2, 0.25) is 0 Å². The van der Waals surface area contributed by atoms with Crippen molar-refractivity contribution in [1.82, 2.24) is 16.0 Å². The molecule has 0 unspecified atom stereocenters. The predicted octanol–water partition coefficient (Wildman–Crippen LogP) is 2.78. The molecule has 1 fully saturated rings. The van der Waals surface area contributed by atoms with Crippen LogP contribution < -0.4 is 20.7 Å². The van der Waals surface area contributed by atoms with Crippen LogP contribution >= 0.6 is 0 Å². The summed E-state index contributed by atoms with van der Waals surface area (Å²) in [6.07, 6.45) is 2.93. The number of benzene rings is 2. The lowest BCUT2D eigenvalue weighted by atomic mass is 10.1. The number of halogens is 1. The Labute approximate surface area is 176 Å². The smallest absolute Gasteiger partial charge is 0.258 e. The number of ether oxygens (including phenoxy) is 1. The Morgan fingerprint density at radius 1 is 1.13 bits per heavy atom. The monoisotopic (exact) mass is 412 g/mol. The van der Waals surface area contributed by atoms with Gasteiger partial charge in [0, 0.05) is 24.7 Å². The summed E-state index contributed by atoms with van der Waals surface area (Å²) in [5.41, 5.74) is 1.71. The lowest BCUT2D eigenvalue weighted by Crippen LogP contribution is -2.38. The molecule has 0 atom stereocenters. The van der Waals surface area contributed by atoms with Gasteiger partial charge in [-0.15, -0.1) is 0 Å². The van der Waals surface area contributed by atoms with Crippen molar-refractivity contribution < 1.29 is 13.9 Å². The summed E-state index contributed by atoms with van der Waals surface area (Å²) in [4.78, 5) is 16.1. The maximum Gasteiger partial charge on any atom is 0.258 e. The van der Waals surface area contributed by atoms with Gasteiger partial charge in [-0.1, -0.05) is 30.3 Å². The molecule has 0 bridgehead atoms. The highest BCUT2D eigenvalue weighted by Crippen LogP contribution is 2.18. The minimum absolute atomic E-state index is 0.0436. The van der Waals surface area contributed by atoms with Gasteiger partial charge in [0.1, 0.15) is 11.6 Å². The topological polar surface area (TPSA) is 74.8 Å². The van der Waals surface area contributed by atoms with Crippen molar-refractivity contribution >= 4 is 11.9 Å². The number of guanidine groups is 1. The largest absolute Gasteiger partial charge is 0.484 e. The Hall–Kier alpha value is -3.09. The Balaban J connectivity index is 1.42. The lowest BCUT2D eigenvalue weighted by molar-refractivity contribution is -0.123. The van der Waals surface area contributed by atoms with Crippen molar-refractivity contribution in [2.24, 2.45) is 4.99 Å². The number of hydrogen-bond acceptors (Lipinski definition) is 3. The quantitative estimate of drug-likeness (QED) is 0.414. The molecular weight excluding hydrogens is 383 g/mol. The van der Waals surface area contributed by atoms with Crippen LogP contribution in [0, 0.1) is 5.82 Å². The third kappa shape index (κ3) is 7.39. The molecule has 1 aliphatic rings. The number of rotatable bonds is 10. The average molecular weight is 413 g/mol. The van der Waals surface area contributed by atoms with Crippen molar-refractivity contribution in [3.05, 3.63) is 65.5 Å². The van der Waals surface area contributed by atoms with Crippen LogP contribution in [0.1, 0.15) is 30.9 Å². The number of carbonyl (C=O) groups excluding carboxylic acids is 1. The molecule has 3 N–H and O–H groups in total. The van der Waals surface area contributed by atoms with Gasteiger partial charge in [0.15, 0.2) is 12.6 Å². The van der Waals surface area contributed by atoms with Crippen LogP contribution in [0.25, 0.3) is 0 Å². The summed E-state index contributed by atoms with van der Waals surface area (Å²) in [5, 5.41) is 9.34. The van der Waals surface area contributed by atoms with Gasteiger partial charge in [-0.25, -0.2) is 9.38 Å². The van der Waals surface area contributed by atoms with E-state index < -0.39 is 0 Å². The van der Waals surface area contributed by atoms with Gasteiger partial charge in [-0.3, -0.25) is 4.79 Å². The molecule has 160 valence electrons. The maximum absolute atomic E-state index is 13.7. The van der Waals surface area contributed by atoms with E-state index in [-0.39, 0.29) is 24.9 Å². The van der Waals surface area contributed by atoms with Gasteiger partial charge < -0.3 is 20.7 Å². The van der Waals surface area contributed by atoms with E-state index in [9.17, 15) is 9.18 Å². The van der Waals surface area contributed by atoms with E-state index in [1.165, 1.54) is 6.07 Å². The molecular formula is C23H29FN4O2. The molecule has 1 saturated carbocycles. The lowest BCUT2D eigenvalue weighted by Gasteiger charge is -2.12. The zero-order valence-electron chi connectivity index (χ0n) is 17.3. The Kier molecular flexibility index (Phi) is 8.06. The average Bonchev–Trinajstić information content (AvgIpc) is 3.56. The van der Waals surface area contributed by atoms with E-state index in [1.807, 2.05) is 31.2 Å². The molecule has 0 saturated heterocycles. The number of nitrogens with zero attached hydrogens (tertiary/aromatic N) is 1. The third-order valence-electron chi connectivity index (χ3n) is 4.65. The summed E-state index contributed by atoms with van der Waals surface area (Å²) in [5.74, 6) is 1.01. The molecule has 0 aliphatic heterocycles. The Bertz CT molecular complexity index is 851. The van der Waals surface area contributed by atoms with Crippen LogP contribution in [-0.4, -0.2) is 37.6 Å². The van der Waals surface area contributed by atoms with Crippen molar-refractivity contribution in [1.29, 1.82) is 0 Å². The molecule has 6 nitrogen and oxygen atoms in total. The number of hydrogen-bond donors (Lipinski definition) is 3. The first-order chi connectivity index (χ1) is 14.6. The van der Waals surface area contributed by atoms with Crippen LogP contribution in [0.3, 0.4) is 0 Å². The van der Waals surface area contributed by atoms with E-state index in [0.29, 0.717) is 29.9 Å². The van der Waals surface area contributed by atoms with Crippen molar-refractivity contribution in [3.63, 3.8) is 0 Å². The second kappa shape index (κ2) is 11.2. The summed E-state index contributed by atoms with van der Waals surface area (Å²) in [7, 11) is 0. The Morgan fingerprint density at radius 2 is 1.90 bits per heavy atom. The minimum Gasteiger partial charge on any atom is -0.484 e. The number of carbonyl (C=O) groups is 1. The summed E-state index contributed by atoms with van der Waals surface area (Å²) >= 11 is 0. The van der Waals surface area contributed by atoms with Crippen molar-refractivity contribution in [2.45, 2.75) is 38.8 Å². The van der Waals surface area contributed by atoms with E-state index in [0.717, 1.165) is 31.4 Å². The van der Waals surface area contributed by atoms with Crippen LogP contribution in [0.5, 0.6) is 5.75 Å². The van der Waals surface area contributed by atoms with Crippen LogP contribution in [0.15, 0.2) is 53.5 Å². The molecule has 7 heteroatoms. The highest BCUT2D eigenvalue weighted by atomic mass is 19.1. The fourth-order valence-corrected chi connectivity index (χ4v) is 2.86. The number of nitrogens with one attached hydrogen (secondary N) is 3. The Morgan fingerprint density at radius 3 is 2.60 bits per heavy atom. The van der Waals surface area contributed by atoms with Gasteiger partial charge in [-0.05, 0) is 49.9 Å². The molecule has 2 aromatic rings. The first-order valence-corrected chi connectivity index (χ1v) is 10.4. The first kappa shape index (κ1) is 21.6. The van der Waals surface area contributed by atoms with E-state index >= 15 is 0 Å². The number of amides is 1. The summed E-state index contributed by atoms with van der Waals surface area (Å²) in [6.45, 7) is 3.73. The molecule has 2 aromatic carbocycles. The molecule has 0 radical (unpaired) electrons. The highest BCUT2D eigenvalue weighted by molar-refractivity contribution is 5.79. The molecule has 0 aromatic heterocycles. The van der Waals surface area contributed by atoms with E-state index in [2.05, 4.69) is 20.9 Å². The fraction of sp³-hybridized carbons (Fsp3) is 0.391. The van der Waals surface area contributed by atoms with E-state index in [4.69, 9.17) is 4.74 Å². The van der Waals surface area contributed by atoms with Gasteiger partial charge in [0.25, 0.3) is 5.91 Å². The fourth-order valence-electron chi connectivity index (χ4n) is 2.86. The second-order valence-electron chi connectivity index (χ2n) is 7.24. The highest BCUT2D eigenvalue weighted by Gasteiger charge is 2.23. The van der Waals surface area contributed by atoms with Crippen LogP contribution in [0.2, 0.25) is 0 Å². The van der Waals surface area contributed by atoms with Crippen LogP contribution in [0.4, 0.5) is 4.39 Å². The molecule has 3 rings (SSSR count). The zero-order chi connectivity index (χ0) is 21.2. The van der Waals surface area contributed by atoms with Crippen molar-refractivity contribution in [3.8, 4) is 5.75 Å². The standard InChI is InChI=1S/C23H29FN4O2/c1-2-25-23(27-15-18-5-3-4-6-21(18)24)26-14-13-17-7-11-20(12-8-17)30-16-22(29)28-19-9-10-19/h3-8,11-12,19H,2,9-10,13-16H2,1H3,(H,28,29)(H2,25,26,27). The normalized spacial score (nSPS) is 13.6. The van der Waals surface area contributed by atoms with Gasteiger partial charge in [0.05, 0.1) is 6.54 Å². The molecule has 1 aliphatic carbocycles. The molecule has 1 amide bonds. The molecule has 30 heavy (non-hydrogen) atoms. The molecule has 0 heterocycles. The molecule has 0 spiro atoms. The second-order valence-corrected chi connectivity index (χ2v) is 7.24. The third-order valence-corrected chi connectivity index (χ3v) is 4.65. The minimum atomic E-state index is -0.246.